The fraction of sp³-hybridized carbons (Fsp3) is 0.455. The van der Waals surface area contributed by atoms with Crippen molar-refractivity contribution in [2.45, 2.75) is 40.0 Å². The zero-order valence-electron chi connectivity index (χ0n) is 17.9. The van der Waals surface area contributed by atoms with Gasteiger partial charge in [-0.05, 0) is 31.4 Å². The van der Waals surface area contributed by atoms with Crippen LogP contribution in [-0.2, 0) is 6.42 Å². The number of methoxy groups -OCH3 is 2. The third-order valence-electron chi connectivity index (χ3n) is 4.87. The number of ether oxygens (including phenoxy) is 2. The quantitative estimate of drug-likeness (QED) is 0.488. The Bertz CT molecular complexity index is 936. The minimum absolute atomic E-state index is 0. The molecule has 0 aliphatic heterocycles. The van der Waals surface area contributed by atoms with Gasteiger partial charge in [0.2, 0.25) is 0 Å². The molecule has 0 bridgehead atoms. The molecule has 0 spiro atoms. The molecule has 2 heterocycles. The molecule has 0 aliphatic carbocycles. The standard InChI is InChI=1S/C22H30N4O2.ClH/c1-6-12-25(13-7-2)22-18(8-3)24-21-20(23-11-14-26(21)22)17-10-9-16(27-4)15-19(17)28-5;/h9-11,14-15H,6-8,12-13H2,1-5H3;1H. The molecule has 158 valence electrons. The molecule has 0 fully saturated rings. The van der Waals surface area contributed by atoms with Crippen molar-refractivity contribution >= 4 is 23.9 Å². The predicted molar refractivity (Wildman–Crippen MR) is 121 cm³/mol. The van der Waals surface area contributed by atoms with E-state index < -0.39 is 0 Å². The lowest BCUT2D eigenvalue weighted by Gasteiger charge is -2.24. The molecule has 0 saturated heterocycles. The monoisotopic (exact) mass is 418 g/mol. The second-order valence-electron chi connectivity index (χ2n) is 6.76. The third kappa shape index (κ3) is 4.42. The second kappa shape index (κ2) is 10.3. The van der Waals surface area contributed by atoms with E-state index in [1.54, 1.807) is 14.2 Å². The van der Waals surface area contributed by atoms with E-state index in [1.807, 2.05) is 30.6 Å². The summed E-state index contributed by atoms with van der Waals surface area (Å²) in [5, 5.41) is 0. The first-order valence-electron chi connectivity index (χ1n) is 10.0. The van der Waals surface area contributed by atoms with Gasteiger partial charge in [0.15, 0.2) is 5.65 Å². The van der Waals surface area contributed by atoms with Crippen LogP contribution in [-0.4, -0.2) is 41.7 Å². The molecule has 0 N–H and O–H groups in total. The number of nitrogens with zero attached hydrogens (tertiary/aromatic N) is 4. The Labute approximate surface area is 179 Å². The summed E-state index contributed by atoms with van der Waals surface area (Å²) in [5.41, 5.74) is 3.68. The Balaban J connectivity index is 0.00000300. The van der Waals surface area contributed by atoms with Crippen molar-refractivity contribution < 1.29 is 9.47 Å². The molecular formula is C22H31ClN4O2. The fourth-order valence-electron chi connectivity index (χ4n) is 3.63. The molecule has 0 aliphatic rings. The van der Waals surface area contributed by atoms with Gasteiger partial charge in [-0.15, -0.1) is 12.4 Å². The van der Waals surface area contributed by atoms with Crippen molar-refractivity contribution in [3.05, 3.63) is 36.3 Å². The average Bonchev–Trinajstić information content (AvgIpc) is 3.11. The van der Waals surface area contributed by atoms with Crippen LogP contribution in [0.5, 0.6) is 11.5 Å². The van der Waals surface area contributed by atoms with Crippen LogP contribution in [0.2, 0.25) is 0 Å². The highest BCUT2D eigenvalue weighted by atomic mass is 35.5. The molecule has 0 saturated carbocycles. The van der Waals surface area contributed by atoms with Gasteiger partial charge in [0, 0.05) is 37.1 Å². The van der Waals surface area contributed by atoms with Crippen molar-refractivity contribution in [3.8, 4) is 22.8 Å². The Morgan fingerprint density at radius 3 is 2.34 bits per heavy atom. The van der Waals surface area contributed by atoms with Gasteiger partial charge in [0.05, 0.1) is 19.9 Å². The third-order valence-corrected chi connectivity index (χ3v) is 4.87. The lowest BCUT2D eigenvalue weighted by atomic mass is 10.1. The van der Waals surface area contributed by atoms with Crippen molar-refractivity contribution in [1.82, 2.24) is 14.4 Å². The van der Waals surface area contributed by atoms with Gasteiger partial charge < -0.3 is 14.4 Å². The summed E-state index contributed by atoms with van der Waals surface area (Å²) < 4.78 is 13.1. The van der Waals surface area contributed by atoms with E-state index in [-0.39, 0.29) is 12.4 Å². The number of halogens is 1. The van der Waals surface area contributed by atoms with E-state index in [0.29, 0.717) is 0 Å². The summed E-state index contributed by atoms with van der Waals surface area (Å²) in [5.74, 6) is 2.65. The highest BCUT2D eigenvalue weighted by Crippen LogP contribution is 2.36. The number of fused-ring (bicyclic) bond motifs is 1. The summed E-state index contributed by atoms with van der Waals surface area (Å²) in [6, 6.07) is 5.79. The highest BCUT2D eigenvalue weighted by Gasteiger charge is 2.21. The van der Waals surface area contributed by atoms with Gasteiger partial charge in [0.1, 0.15) is 23.0 Å². The smallest absolute Gasteiger partial charge is 0.165 e. The first-order chi connectivity index (χ1) is 13.7. The number of imidazole rings is 1. The maximum atomic E-state index is 5.61. The minimum atomic E-state index is 0. The van der Waals surface area contributed by atoms with Crippen molar-refractivity contribution in [2.75, 3.05) is 32.2 Å². The van der Waals surface area contributed by atoms with Gasteiger partial charge in [-0.1, -0.05) is 20.8 Å². The molecule has 0 atom stereocenters. The Morgan fingerprint density at radius 1 is 1.03 bits per heavy atom. The molecule has 0 radical (unpaired) electrons. The number of hydrogen-bond acceptors (Lipinski definition) is 5. The molecule has 29 heavy (non-hydrogen) atoms. The minimum Gasteiger partial charge on any atom is -0.497 e. The summed E-state index contributed by atoms with van der Waals surface area (Å²) >= 11 is 0. The van der Waals surface area contributed by atoms with E-state index in [0.717, 1.165) is 66.4 Å². The molecule has 0 amide bonds. The number of benzene rings is 1. The first-order valence-corrected chi connectivity index (χ1v) is 10.0. The van der Waals surface area contributed by atoms with Crippen molar-refractivity contribution in [2.24, 2.45) is 0 Å². The Hall–Kier alpha value is -2.47. The fourth-order valence-corrected chi connectivity index (χ4v) is 3.63. The zero-order chi connectivity index (χ0) is 20.1. The predicted octanol–water partition coefficient (Wildman–Crippen LogP) is 5.02. The lowest BCUT2D eigenvalue weighted by molar-refractivity contribution is 0.395. The van der Waals surface area contributed by atoms with Gasteiger partial charge in [0.25, 0.3) is 0 Å². The molecule has 2 aromatic heterocycles. The number of rotatable bonds is 9. The maximum absolute atomic E-state index is 5.61. The number of aromatic nitrogens is 3. The van der Waals surface area contributed by atoms with E-state index >= 15 is 0 Å². The van der Waals surface area contributed by atoms with E-state index in [2.05, 4.69) is 35.1 Å². The van der Waals surface area contributed by atoms with Crippen molar-refractivity contribution in [3.63, 3.8) is 0 Å². The largest absolute Gasteiger partial charge is 0.497 e. The van der Waals surface area contributed by atoms with E-state index in [9.17, 15) is 0 Å². The Kier molecular flexibility index (Phi) is 8.14. The number of aryl methyl sites for hydroxylation is 1. The second-order valence-corrected chi connectivity index (χ2v) is 6.76. The molecule has 0 unspecified atom stereocenters. The van der Waals surface area contributed by atoms with Crippen LogP contribution in [0.4, 0.5) is 5.82 Å². The van der Waals surface area contributed by atoms with Gasteiger partial charge in [-0.3, -0.25) is 9.38 Å². The van der Waals surface area contributed by atoms with Crippen LogP contribution in [0.25, 0.3) is 16.9 Å². The van der Waals surface area contributed by atoms with E-state index in [4.69, 9.17) is 14.5 Å². The normalized spacial score (nSPS) is 10.7. The van der Waals surface area contributed by atoms with Gasteiger partial charge in [-0.25, -0.2) is 4.98 Å². The first kappa shape index (κ1) is 22.8. The van der Waals surface area contributed by atoms with Crippen LogP contribution in [0, 0.1) is 0 Å². The van der Waals surface area contributed by atoms with Gasteiger partial charge >= 0.3 is 0 Å². The van der Waals surface area contributed by atoms with Crippen LogP contribution in [0.3, 0.4) is 0 Å². The van der Waals surface area contributed by atoms with Crippen molar-refractivity contribution in [1.29, 1.82) is 0 Å². The molecule has 6 nitrogen and oxygen atoms in total. The highest BCUT2D eigenvalue weighted by molar-refractivity contribution is 5.85. The lowest BCUT2D eigenvalue weighted by Crippen LogP contribution is -2.27. The van der Waals surface area contributed by atoms with Gasteiger partial charge in [-0.2, -0.15) is 0 Å². The summed E-state index contributed by atoms with van der Waals surface area (Å²) in [4.78, 5) is 12.1. The van der Waals surface area contributed by atoms with Crippen LogP contribution in [0.1, 0.15) is 39.3 Å². The summed E-state index contributed by atoms with van der Waals surface area (Å²) in [6.45, 7) is 8.61. The summed E-state index contributed by atoms with van der Waals surface area (Å²) in [6.07, 6.45) is 6.92. The zero-order valence-corrected chi connectivity index (χ0v) is 18.8. The maximum Gasteiger partial charge on any atom is 0.165 e. The number of hydrogen-bond donors (Lipinski definition) is 0. The molecular weight excluding hydrogens is 388 g/mol. The topological polar surface area (TPSA) is 51.9 Å². The van der Waals surface area contributed by atoms with Crippen LogP contribution < -0.4 is 14.4 Å². The van der Waals surface area contributed by atoms with E-state index in [1.165, 1.54) is 5.82 Å². The molecule has 3 rings (SSSR count). The van der Waals surface area contributed by atoms with Crippen LogP contribution >= 0.6 is 12.4 Å². The SMILES string of the molecule is CCCN(CCC)c1c(CC)nc2c(-c3ccc(OC)cc3OC)nccn12.Cl. The van der Waals surface area contributed by atoms with Crippen LogP contribution in [0.15, 0.2) is 30.6 Å². The Morgan fingerprint density at radius 2 is 1.76 bits per heavy atom. The number of anilines is 1. The molecule has 7 heteroatoms. The summed E-state index contributed by atoms with van der Waals surface area (Å²) in [7, 11) is 3.31. The molecule has 3 aromatic rings. The molecule has 1 aromatic carbocycles. The average molecular weight is 419 g/mol.